The molecule has 2 aromatic heterocycles. The zero-order valence-corrected chi connectivity index (χ0v) is 14.9. The maximum atomic E-state index is 12.6. The number of nitrogens with zero attached hydrogens (tertiary/aromatic N) is 5. The molecule has 0 saturated carbocycles. The average molecular weight is 345 g/mol. The molecule has 0 aromatic carbocycles. The van der Waals surface area contributed by atoms with Crippen molar-refractivity contribution in [2.24, 2.45) is 0 Å². The van der Waals surface area contributed by atoms with E-state index >= 15 is 0 Å². The van der Waals surface area contributed by atoms with Crippen LogP contribution in [0.4, 0.5) is 0 Å². The van der Waals surface area contributed by atoms with Crippen molar-refractivity contribution in [2.75, 3.05) is 32.7 Å². The van der Waals surface area contributed by atoms with Crippen LogP contribution < -0.4 is 5.56 Å². The Labute approximate surface area is 146 Å². The van der Waals surface area contributed by atoms with Crippen LogP contribution in [0.25, 0.3) is 0 Å². The Morgan fingerprint density at radius 3 is 2.48 bits per heavy atom. The van der Waals surface area contributed by atoms with Crippen molar-refractivity contribution in [3.63, 3.8) is 0 Å². The van der Waals surface area contributed by atoms with E-state index < -0.39 is 0 Å². The van der Waals surface area contributed by atoms with E-state index in [0.717, 1.165) is 25.3 Å². The van der Waals surface area contributed by atoms with Crippen molar-refractivity contribution in [3.05, 3.63) is 45.2 Å². The van der Waals surface area contributed by atoms with Gasteiger partial charge < -0.3 is 9.42 Å². The molecule has 8 nitrogen and oxygen atoms in total. The number of rotatable bonds is 4. The van der Waals surface area contributed by atoms with E-state index in [2.05, 4.69) is 15.2 Å². The highest BCUT2D eigenvalue weighted by Crippen LogP contribution is 2.16. The van der Waals surface area contributed by atoms with Gasteiger partial charge in [-0.1, -0.05) is 5.16 Å². The summed E-state index contributed by atoms with van der Waals surface area (Å²) < 4.78 is 6.59. The first kappa shape index (κ1) is 17.3. The zero-order valence-electron chi connectivity index (χ0n) is 14.9. The third kappa shape index (κ3) is 3.79. The molecule has 1 aliphatic rings. The highest BCUT2D eigenvalue weighted by molar-refractivity contribution is 5.96. The first-order valence-electron chi connectivity index (χ1n) is 8.45. The number of hydrogen-bond acceptors (Lipinski definition) is 6. The van der Waals surface area contributed by atoms with Crippen molar-refractivity contribution in [3.8, 4) is 0 Å². The van der Waals surface area contributed by atoms with Crippen LogP contribution in [0.2, 0.25) is 0 Å². The molecule has 1 amide bonds. The standard InChI is InChI=1S/C17H23N5O3/c1-12-4-5-15(23)22(18-12)11-8-20-6-9-21(10-7-20)17(24)16-13(2)19-25-14(16)3/h4-5H,6-11H2,1-3H3. The molecule has 1 saturated heterocycles. The topological polar surface area (TPSA) is 84.5 Å². The van der Waals surface area contributed by atoms with Crippen molar-refractivity contribution in [1.29, 1.82) is 0 Å². The minimum Gasteiger partial charge on any atom is -0.361 e. The molecule has 0 bridgehead atoms. The predicted octanol–water partition coefficient (Wildman–Crippen LogP) is 0.615. The second-order valence-corrected chi connectivity index (χ2v) is 6.37. The van der Waals surface area contributed by atoms with Crippen LogP contribution in [0.1, 0.15) is 27.5 Å². The molecule has 25 heavy (non-hydrogen) atoms. The number of piperazine rings is 1. The van der Waals surface area contributed by atoms with E-state index in [0.29, 0.717) is 36.7 Å². The molecule has 3 heterocycles. The summed E-state index contributed by atoms with van der Waals surface area (Å²) in [6.07, 6.45) is 0. The van der Waals surface area contributed by atoms with Gasteiger partial charge in [0.15, 0.2) is 0 Å². The Morgan fingerprint density at radius 1 is 1.12 bits per heavy atom. The molecular formula is C17H23N5O3. The van der Waals surface area contributed by atoms with Crippen LogP contribution in [0, 0.1) is 20.8 Å². The summed E-state index contributed by atoms with van der Waals surface area (Å²) in [5.74, 6) is 0.544. The molecule has 3 rings (SSSR count). The maximum Gasteiger partial charge on any atom is 0.266 e. The number of carbonyl (C=O) groups is 1. The number of hydrogen-bond donors (Lipinski definition) is 0. The first-order valence-corrected chi connectivity index (χ1v) is 8.45. The molecule has 0 aliphatic carbocycles. The lowest BCUT2D eigenvalue weighted by Crippen LogP contribution is -2.49. The number of amides is 1. The van der Waals surface area contributed by atoms with Crippen molar-refractivity contribution in [2.45, 2.75) is 27.3 Å². The number of carbonyl (C=O) groups excluding carboxylic acids is 1. The van der Waals surface area contributed by atoms with E-state index in [1.165, 1.54) is 4.68 Å². The van der Waals surface area contributed by atoms with Crippen LogP contribution in [0.3, 0.4) is 0 Å². The summed E-state index contributed by atoms with van der Waals surface area (Å²) in [4.78, 5) is 28.5. The van der Waals surface area contributed by atoms with Gasteiger partial charge >= 0.3 is 0 Å². The van der Waals surface area contributed by atoms with Gasteiger partial charge in [-0.05, 0) is 26.8 Å². The minimum absolute atomic E-state index is 0.0209. The Balaban J connectivity index is 1.54. The normalized spacial score (nSPS) is 15.6. The molecule has 0 unspecified atom stereocenters. The van der Waals surface area contributed by atoms with Gasteiger partial charge in [0, 0.05) is 38.8 Å². The van der Waals surface area contributed by atoms with Gasteiger partial charge in [0.1, 0.15) is 11.3 Å². The maximum absolute atomic E-state index is 12.6. The minimum atomic E-state index is -0.0854. The number of aryl methyl sites for hydroxylation is 3. The van der Waals surface area contributed by atoms with Gasteiger partial charge in [-0.15, -0.1) is 0 Å². The van der Waals surface area contributed by atoms with Crippen molar-refractivity contribution >= 4 is 5.91 Å². The predicted molar refractivity (Wildman–Crippen MR) is 91.6 cm³/mol. The summed E-state index contributed by atoms with van der Waals surface area (Å²) in [6, 6.07) is 3.26. The van der Waals surface area contributed by atoms with Crippen LogP contribution in [0.5, 0.6) is 0 Å². The van der Waals surface area contributed by atoms with Crippen LogP contribution in [0.15, 0.2) is 21.5 Å². The molecule has 8 heteroatoms. The fraction of sp³-hybridized carbons (Fsp3) is 0.529. The summed E-state index contributed by atoms with van der Waals surface area (Å²) in [5.41, 5.74) is 1.95. The lowest BCUT2D eigenvalue weighted by atomic mass is 10.1. The lowest BCUT2D eigenvalue weighted by Gasteiger charge is -2.34. The van der Waals surface area contributed by atoms with Crippen molar-refractivity contribution < 1.29 is 9.32 Å². The van der Waals surface area contributed by atoms with Gasteiger partial charge in [0.25, 0.3) is 11.5 Å². The Bertz CT molecular complexity index is 798. The smallest absolute Gasteiger partial charge is 0.266 e. The molecule has 0 radical (unpaired) electrons. The summed E-state index contributed by atoms with van der Waals surface area (Å²) in [7, 11) is 0. The second-order valence-electron chi connectivity index (χ2n) is 6.37. The third-order valence-corrected chi connectivity index (χ3v) is 4.53. The quantitative estimate of drug-likeness (QED) is 0.807. The highest BCUT2D eigenvalue weighted by atomic mass is 16.5. The molecule has 1 fully saturated rings. The molecule has 1 aliphatic heterocycles. The Hall–Kier alpha value is -2.48. The second kappa shape index (κ2) is 7.18. The summed E-state index contributed by atoms with van der Waals surface area (Å²) in [6.45, 7) is 9.56. The van der Waals surface area contributed by atoms with Gasteiger partial charge in [0.05, 0.1) is 17.9 Å². The molecule has 134 valence electrons. The molecule has 0 atom stereocenters. The highest BCUT2D eigenvalue weighted by Gasteiger charge is 2.26. The SMILES string of the molecule is Cc1ccc(=O)n(CCN2CCN(C(=O)c3c(C)noc3C)CC2)n1. The van der Waals surface area contributed by atoms with E-state index in [9.17, 15) is 9.59 Å². The van der Waals surface area contributed by atoms with E-state index in [-0.39, 0.29) is 11.5 Å². The third-order valence-electron chi connectivity index (χ3n) is 4.53. The number of aromatic nitrogens is 3. The van der Waals surface area contributed by atoms with E-state index in [1.807, 2.05) is 11.8 Å². The zero-order chi connectivity index (χ0) is 18.0. The Kier molecular flexibility index (Phi) is 4.98. The fourth-order valence-corrected chi connectivity index (χ4v) is 3.07. The molecular weight excluding hydrogens is 322 g/mol. The fourth-order valence-electron chi connectivity index (χ4n) is 3.07. The van der Waals surface area contributed by atoms with Gasteiger partial charge in [-0.25, -0.2) is 4.68 Å². The molecule has 0 N–H and O–H groups in total. The van der Waals surface area contributed by atoms with Gasteiger partial charge in [0.2, 0.25) is 0 Å². The first-order chi connectivity index (χ1) is 12.0. The summed E-state index contributed by atoms with van der Waals surface area (Å²) >= 11 is 0. The monoisotopic (exact) mass is 345 g/mol. The van der Waals surface area contributed by atoms with E-state index in [4.69, 9.17) is 4.52 Å². The lowest BCUT2D eigenvalue weighted by molar-refractivity contribution is 0.0629. The Morgan fingerprint density at radius 2 is 1.84 bits per heavy atom. The van der Waals surface area contributed by atoms with E-state index in [1.54, 1.807) is 26.0 Å². The summed E-state index contributed by atoms with van der Waals surface area (Å²) in [5, 5.41) is 8.10. The average Bonchev–Trinajstić information content (AvgIpc) is 2.94. The van der Waals surface area contributed by atoms with Gasteiger partial charge in [-0.2, -0.15) is 5.10 Å². The van der Waals surface area contributed by atoms with Crippen LogP contribution in [-0.2, 0) is 6.54 Å². The van der Waals surface area contributed by atoms with Crippen LogP contribution in [-0.4, -0.2) is 63.4 Å². The van der Waals surface area contributed by atoms with Crippen LogP contribution >= 0.6 is 0 Å². The molecule has 2 aromatic rings. The largest absolute Gasteiger partial charge is 0.361 e. The van der Waals surface area contributed by atoms with Crippen molar-refractivity contribution in [1.82, 2.24) is 24.7 Å². The molecule has 0 spiro atoms. The van der Waals surface area contributed by atoms with Gasteiger partial charge in [-0.3, -0.25) is 14.5 Å².